The van der Waals surface area contributed by atoms with Crippen LogP contribution in [0.15, 0.2) is 30.3 Å². The van der Waals surface area contributed by atoms with Gasteiger partial charge >= 0.3 is 6.09 Å². The summed E-state index contributed by atoms with van der Waals surface area (Å²) < 4.78 is 37.4. The standard InChI is InChI=1S/C14H19NO6S/c1-22(17,18)21-11-13-10-19-8-7-15(13)14(16)20-9-12-5-3-2-4-6-12/h2-6,13H,7-11H2,1H3/t13-/m0/s1. The van der Waals surface area contributed by atoms with E-state index in [-0.39, 0.29) is 19.8 Å². The number of morpholine rings is 1. The molecule has 1 fully saturated rings. The second kappa shape index (κ2) is 7.57. The molecule has 1 aromatic carbocycles. The number of carbonyl (C=O) groups is 1. The van der Waals surface area contributed by atoms with E-state index in [1.54, 1.807) is 0 Å². The van der Waals surface area contributed by atoms with Crippen LogP contribution in [-0.2, 0) is 30.4 Å². The van der Waals surface area contributed by atoms with Gasteiger partial charge in [0.2, 0.25) is 0 Å². The number of rotatable bonds is 5. The summed E-state index contributed by atoms with van der Waals surface area (Å²) in [5, 5.41) is 0. The van der Waals surface area contributed by atoms with Crippen LogP contribution in [0, 0.1) is 0 Å². The summed E-state index contributed by atoms with van der Waals surface area (Å²) in [5.74, 6) is 0. The SMILES string of the molecule is CS(=O)(=O)OC[C@@H]1COCCN1C(=O)OCc1ccccc1. The highest BCUT2D eigenvalue weighted by molar-refractivity contribution is 7.85. The summed E-state index contributed by atoms with van der Waals surface area (Å²) in [6, 6.07) is 8.84. The quantitative estimate of drug-likeness (QED) is 0.750. The van der Waals surface area contributed by atoms with Gasteiger partial charge in [-0.15, -0.1) is 0 Å². The summed E-state index contributed by atoms with van der Waals surface area (Å²) in [5.41, 5.74) is 0.882. The highest BCUT2D eigenvalue weighted by atomic mass is 32.2. The number of nitrogens with zero attached hydrogens (tertiary/aromatic N) is 1. The summed E-state index contributed by atoms with van der Waals surface area (Å²) in [7, 11) is -3.56. The Kier molecular flexibility index (Phi) is 5.76. The van der Waals surface area contributed by atoms with Crippen molar-refractivity contribution in [1.82, 2.24) is 4.90 Å². The summed E-state index contributed by atoms with van der Waals surface area (Å²) in [6.45, 7) is 0.965. The van der Waals surface area contributed by atoms with Gasteiger partial charge in [-0.3, -0.25) is 9.08 Å². The van der Waals surface area contributed by atoms with Crippen molar-refractivity contribution >= 4 is 16.2 Å². The maximum absolute atomic E-state index is 12.1. The molecule has 1 heterocycles. The van der Waals surface area contributed by atoms with Gasteiger partial charge in [0, 0.05) is 6.54 Å². The predicted molar refractivity (Wildman–Crippen MR) is 78.7 cm³/mol. The monoisotopic (exact) mass is 329 g/mol. The van der Waals surface area contributed by atoms with Gasteiger partial charge in [0.05, 0.1) is 32.1 Å². The molecule has 7 nitrogen and oxygen atoms in total. The van der Waals surface area contributed by atoms with Gasteiger partial charge in [0.1, 0.15) is 6.61 Å². The van der Waals surface area contributed by atoms with E-state index in [9.17, 15) is 13.2 Å². The maximum atomic E-state index is 12.1. The fourth-order valence-electron chi connectivity index (χ4n) is 2.04. The summed E-state index contributed by atoms with van der Waals surface area (Å²) in [4.78, 5) is 13.6. The molecule has 1 aliphatic rings. The van der Waals surface area contributed by atoms with Gasteiger partial charge < -0.3 is 9.47 Å². The topological polar surface area (TPSA) is 82.1 Å². The van der Waals surface area contributed by atoms with E-state index in [4.69, 9.17) is 13.7 Å². The van der Waals surface area contributed by atoms with Crippen molar-refractivity contribution in [1.29, 1.82) is 0 Å². The smallest absolute Gasteiger partial charge is 0.410 e. The number of benzene rings is 1. The lowest BCUT2D eigenvalue weighted by Crippen LogP contribution is -2.51. The molecule has 0 spiro atoms. The molecular weight excluding hydrogens is 310 g/mol. The van der Waals surface area contributed by atoms with Crippen LogP contribution < -0.4 is 0 Å². The Balaban J connectivity index is 1.90. The minimum Gasteiger partial charge on any atom is -0.445 e. The highest BCUT2D eigenvalue weighted by Crippen LogP contribution is 2.12. The molecule has 122 valence electrons. The molecule has 1 amide bonds. The Hall–Kier alpha value is -1.64. The molecule has 0 radical (unpaired) electrons. The normalized spacial score (nSPS) is 19.0. The van der Waals surface area contributed by atoms with Gasteiger partial charge in [0.15, 0.2) is 0 Å². The van der Waals surface area contributed by atoms with Crippen LogP contribution in [-0.4, -0.2) is 58.1 Å². The number of amides is 1. The van der Waals surface area contributed by atoms with Crippen molar-refractivity contribution in [2.24, 2.45) is 0 Å². The van der Waals surface area contributed by atoms with Crippen LogP contribution in [0.25, 0.3) is 0 Å². The van der Waals surface area contributed by atoms with E-state index >= 15 is 0 Å². The molecule has 0 bridgehead atoms. The fourth-order valence-corrected chi connectivity index (χ4v) is 2.44. The molecular formula is C14H19NO6S. The Morgan fingerprint density at radius 2 is 2.09 bits per heavy atom. The van der Waals surface area contributed by atoms with Gasteiger partial charge in [-0.1, -0.05) is 30.3 Å². The van der Waals surface area contributed by atoms with Gasteiger partial charge in [-0.25, -0.2) is 4.79 Å². The molecule has 0 N–H and O–H groups in total. The van der Waals surface area contributed by atoms with Crippen molar-refractivity contribution in [2.45, 2.75) is 12.6 Å². The van der Waals surface area contributed by atoms with E-state index in [1.807, 2.05) is 30.3 Å². The largest absolute Gasteiger partial charge is 0.445 e. The molecule has 22 heavy (non-hydrogen) atoms. The third kappa shape index (κ3) is 5.28. The third-order valence-electron chi connectivity index (χ3n) is 3.14. The number of hydrogen-bond acceptors (Lipinski definition) is 6. The molecule has 2 rings (SSSR count). The zero-order valence-corrected chi connectivity index (χ0v) is 13.1. The van der Waals surface area contributed by atoms with Crippen molar-refractivity contribution in [3.8, 4) is 0 Å². The van der Waals surface area contributed by atoms with E-state index in [2.05, 4.69) is 0 Å². The molecule has 1 aliphatic heterocycles. The van der Waals surface area contributed by atoms with Crippen molar-refractivity contribution in [3.63, 3.8) is 0 Å². The number of ether oxygens (including phenoxy) is 2. The molecule has 1 aromatic rings. The summed E-state index contributed by atoms with van der Waals surface area (Å²) in [6.07, 6.45) is 0.462. The lowest BCUT2D eigenvalue weighted by atomic mass is 10.2. The third-order valence-corrected chi connectivity index (χ3v) is 3.71. The molecule has 1 saturated heterocycles. The molecule has 0 unspecified atom stereocenters. The molecule has 0 aliphatic carbocycles. The van der Waals surface area contributed by atoms with Crippen LogP contribution in [0.1, 0.15) is 5.56 Å². The maximum Gasteiger partial charge on any atom is 0.410 e. The molecule has 0 aromatic heterocycles. The average Bonchev–Trinajstić information content (AvgIpc) is 2.51. The van der Waals surface area contributed by atoms with Gasteiger partial charge in [-0.05, 0) is 5.56 Å². The second-order valence-electron chi connectivity index (χ2n) is 4.95. The minimum absolute atomic E-state index is 0.140. The first-order valence-electron chi connectivity index (χ1n) is 6.85. The Bertz CT molecular complexity index is 589. The fraction of sp³-hybridized carbons (Fsp3) is 0.500. The van der Waals surface area contributed by atoms with Crippen LogP contribution in [0.2, 0.25) is 0 Å². The Labute approximate surface area is 129 Å². The van der Waals surface area contributed by atoms with Crippen LogP contribution in [0.3, 0.4) is 0 Å². The highest BCUT2D eigenvalue weighted by Gasteiger charge is 2.29. The first-order valence-corrected chi connectivity index (χ1v) is 8.67. The van der Waals surface area contributed by atoms with Gasteiger partial charge in [0.25, 0.3) is 10.1 Å². The van der Waals surface area contributed by atoms with Crippen molar-refractivity contribution in [3.05, 3.63) is 35.9 Å². The van der Waals surface area contributed by atoms with E-state index in [0.717, 1.165) is 11.8 Å². The number of carbonyl (C=O) groups excluding carboxylic acids is 1. The zero-order chi connectivity index (χ0) is 16.0. The van der Waals surface area contributed by atoms with E-state index in [0.29, 0.717) is 13.2 Å². The van der Waals surface area contributed by atoms with Gasteiger partial charge in [-0.2, -0.15) is 8.42 Å². The molecule has 8 heteroatoms. The first kappa shape index (κ1) is 16.7. The van der Waals surface area contributed by atoms with Crippen molar-refractivity contribution < 1.29 is 26.9 Å². The van der Waals surface area contributed by atoms with Crippen LogP contribution in [0.4, 0.5) is 4.79 Å². The Morgan fingerprint density at radius 1 is 1.36 bits per heavy atom. The van der Waals surface area contributed by atoms with Crippen molar-refractivity contribution in [2.75, 3.05) is 32.6 Å². The van der Waals surface area contributed by atoms with Crippen LogP contribution in [0.5, 0.6) is 0 Å². The lowest BCUT2D eigenvalue weighted by Gasteiger charge is -2.34. The van der Waals surface area contributed by atoms with E-state index < -0.39 is 22.3 Å². The second-order valence-corrected chi connectivity index (χ2v) is 6.59. The summed E-state index contributed by atoms with van der Waals surface area (Å²) >= 11 is 0. The predicted octanol–water partition coefficient (Wildman–Crippen LogP) is 1.00. The first-order chi connectivity index (χ1) is 10.5. The Morgan fingerprint density at radius 3 is 2.77 bits per heavy atom. The average molecular weight is 329 g/mol. The minimum atomic E-state index is -3.56. The molecule has 0 saturated carbocycles. The lowest BCUT2D eigenvalue weighted by molar-refractivity contribution is -0.0231. The van der Waals surface area contributed by atoms with E-state index in [1.165, 1.54) is 4.90 Å². The zero-order valence-electron chi connectivity index (χ0n) is 12.3. The number of hydrogen-bond donors (Lipinski definition) is 0. The molecule has 1 atom stereocenters. The van der Waals surface area contributed by atoms with Crippen LogP contribution >= 0.6 is 0 Å².